The van der Waals surface area contributed by atoms with Crippen LogP contribution < -0.4 is 5.76 Å². The summed E-state index contributed by atoms with van der Waals surface area (Å²) >= 11 is 0. The average molecular weight is 345 g/mol. The molecule has 1 N–H and O–H groups in total. The number of H-pyrrole nitrogens is 1. The van der Waals surface area contributed by atoms with Gasteiger partial charge in [-0.2, -0.15) is 22.0 Å². The number of aromatic nitrogens is 3. The molecule has 0 atom stereocenters. The zero-order valence-electron chi connectivity index (χ0n) is 11.9. The number of nitrogens with one attached hydrogen (secondary N) is 1. The van der Waals surface area contributed by atoms with Gasteiger partial charge in [-0.3, -0.25) is 15.0 Å². The Hall–Kier alpha value is -2.78. The van der Waals surface area contributed by atoms with E-state index in [1.807, 2.05) is 4.98 Å². The van der Waals surface area contributed by atoms with Gasteiger partial charge in [-0.1, -0.05) is 0 Å². The number of nitrogens with zero attached hydrogens (tertiary/aromatic N) is 2. The minimum Gasteiger partial charge on any atom is -0.407 e. The maximum atomic E-state index is 13.1. The second-order valence-corrected chi connectivity index (χ2v) is 5.05. The normalized spacial score (nSPS) is 12.8. The third-order valence-electron chi connectivity index (χ3n) is 3.26. The molecule has 0 fully saturated rings. The van der Waals surface area contributed by atoms with Crippen molar-refractivity contribution in [2.45, 2.75) is 19.0 Å². The lowest BCUT2D eigenvalue weighted by Gasteiger charge is -2.11. The van der Waals surface area contributed by atoms with Crippen LogP contribution in [0.25, 0.3) is 22.4 Å². The largest absolute Gasteiger partial charge is 0.418 e. The summed E-state index contributed by atoms with van der Waals surface area (Å²) in [6.07, 6.45) is -2.92. The van der Waals surface area contributed by atoms with Gasteiger partial charge in [0.15, 0.2) is 5.58 Å². The van der Waals surface area contributed by atoms with E-state index in [0.29, 0.717) is 6.92 Å². The highest BCUT2D eigenvalue weighted by molar-refractivity contribution is 5.91. The smallest absolute Gasteiger partial charge is 0.407 e. The summed E-state index contributed by atoms with van der Waals surface area (Å²) in [6, 6.07) is 1.78. The van der Waals surface area contributed by atoms with Crippen LogP contribution >= 0.6 is 0 Å². The molecule has 0 radical (unpaired) electrons. The summed E-state index contributed by atoms with van der Waals surface area (Å²) in [5.41, 5.74) is -2.59. The van der Waals surface area contributed by atoms with E-state index < -0.39 is 34.6 Å². The van der Waals surface area contributed by atoms with Crippen LogP contribution in [0, 0.1) is 0 Å². The number of hydrogen-bond donors (Lipinski definition) is 1. The molecule has 24 heavy (non-hydrogen) atoms. The van der Waals surface area contributed by atoms with Gasteiger partial charge in [0.2, 0.25) is 0 Å². The number of oxazole rings is 1. The van der Waals surface area contributed by atoms with Crippen molar-refractivity contribution in [2.75, 3.05) is 0 Å². The Morgan fingerprint density at radius 2 is 1.79 bits per heavy atom. The number of hydrogen-bond acceptors (Lipinski definition) is 4. The molecule has 0 amide bonds. The van der Waals surface area contributed by atoms with Gasteiger partial charge in [0.25, 0.3) is 5.92 Å². The lowest BCUT2D eigenvalue weighted by Crippen LogP contribution is -2.10. The number of aromatic amines is 1. The fraction of sp³-hybridized carbons (Fsp3) is 0.214. The van der Waals surface area contributed by atoms with Crippen LogP contribution in [0.4, 0.5) is 22.0 Å². The van der Waals surface area contributed by atoms with Crippen LogP contribution in [0.2, 0.25) is 0 Å². The molecule has 1 aromatic carbocycles. The third-order valence-corrected chi connectivity index (χ3v) is 3.26. The molecule has 0 unspecified atom stereocenters. The first kappa shape index (κ1) is 16.1. The molecule has 0 aliphatic heterocycles. The number of rotatable bonds is 2. The molecule has 0 aliphatic carbocycles. The van der Waals surface area contributed by atoms with Gasteiger partial charge in [0, 0.05) is 12.5 Å². The van der Waals surface area contributed by atoms with Crippen molar-refractivity contribution in [3.05, 3.63) is 46.3 Å². The number of fused-ring (bicyclic) bond motifs is 1. The minimum absolute atomic E-state index is 0.00975. The Labute approximate surface area is 130 Å². The number of halogens is 5. The van der Waals surface area contributed by atoms with E-state index in [1.54, 1.807) is 0 Å². The molecular weight excluding hydrogens is 337 g/mol. The Kier molecular flexibility index (Phi) is 3.43. The minimum atomic E-state index is -4.70. The number of alkyl halides is 5. The summed E-state index contributed by atoms with van der Waals surface area (Å²) in [5, 5.41) is 0. The van der Waals surface area contributed by atoms with Gasteiger partial charge >= 0.3 is 11.9 Å². The predicted molar refractivity (Wildman–Crippen MR) is 72.4 cm³/mol. The van der Waals surface area contributed by atoms with Gasteiger partial charge in [0.1, 0.15) is 11.2 Å². The Morgan fingerprint density at radius 1 is 1.08 bits per heavy atom. The molecule has 0 saturated carbocycles. The highest BCUT2D eigenvalue weighted by atomic mass is 19.4. The van der Waals surface area contributed by atoms with E-state index in [1.165, 1.54) is 0 Å². The van der Waals surface area contributed by atoms with Crippen LogP contribution in [0.15, 0.2) is 33.7 Å². The van der Waals surface area contributed by atoms with Crippen molar-refractivity contribution in [3.63, 3.8) is 0 Å². The standard InChI is InChI=1S/C14H8F5N3O2/c1-13(15,16)9-5-20-8(4-21-9)6-2-3-7(14(17,18)19)10-11(6)24-12(23)22-10/h2-5H,1H3,(H,22,23). The van der Waals surface area contributed by atoms with Gasteiger partial charge in [-0.25, -0.2) is 4.79 Å². The molecular formula is C14H8F5N3O2. The van der Waals surface area contributed by atoms with Crippen molar-refractivity contribution < 1.29 is 26.4 Å². The first-order chi connectivity index (χ1) is 11.1. The van der Waals surface area contributed by atoms with Crippen LogP contribution in [-0.2, 0) is 12.1 Å². The topological polar surface area (TPSA) is 71.8 Å². The van der Waals surface area contributed by atoms with Crippen molar-refractivity contribution in [2.24, 2.45) is 0 Å². The maximum absolute atomic E-state index is 13.1. The second kappa shape index (κ2) is 5.11. The second-order valence-electron chi connectivity index (χ2n) is 5.05. The van der Waals surface area contributed by atoms with E-state index >= 15 is 0 Å². The zero-order valence-corrected chi connectivity index (χ0v) is 11.9. The number of benzene rings is 1. The van der Waals surface area contributed by atoms with Crippen LogP contribution in [-0.4, -0.2) is 15.0 Å². The molecule has 2 aromatic heterocycles. The van der Waals surface area contributed by atoms with Gasteiger partial charge in [-0.05, 0) is 12.1 Å². The fourth-order valence-corrected chi connectivity index (χ4v) is 2.16. The maximum Gasteiger partial charge on any atom is 0.418 e. The molecule has 2 heterocycles. The van der Waals surface area contributed by atoms with Gasteiger partial charge in [-0.15, -0.1) is 0 Å². The first-order valence-corrected chi connectivity index (χ1v) is 6.51. The molecule has 126 valence electrons. The van der Waals surface area contributed by atoms with Crippen LogP contribution in [0.1, 0.15) is 18.2 Å². The SMILES string of the molecule is CC(F)(F)c1cnc(-c2ccc(C(F)(F)F)c3[nH]c(=O)oc23)cn1. The summed E-state index contributed by atoms with van der Waals surface area (Å²) in [7, 11) is 0. The van der Waals surface area contributed by atoms with Crippen molar-refractivity contribution >= 4 is 11.1 Å². The molecule has 3 aromatic rings. The van der Waals surface area contributed by atoms with Crippen molar-refractivity contribution in [3.8, 4) is 11.3 Å². The van der Waals surface area contributed by atoms with Crippen molar-refractivity contribution in [1.82, 2.24) is 15.0 Å². The lowest BCUT2D eigenvalue weighted by molar-refractivity contribution is -0.136. The molecule has 0 saturated heterocycles. The van der Waals surface area contributed by atoms with E-state index in [2.05, 4.69) is 9.97 Å². The molecule has 5 nitrogen and oxygen atoms in total. The molecule has 10 heteroatoms. The van der Waals surface area contributed by atoms with Crippen molar-refractivity contribution in [1.29, 1.82) is 0 Å². The van der Waals surface area contributed by atoms with Gasteiger partial charge < -0.3 is 4.42 Å². The third kappa shape index (κ3) is 2.74. The van der Waals surface area contributed by atoms with E-state index in [0.717, 1.165) is 24.5 Å². The van der Waals surface area contributed by atoms with Gasteiger partial charge in [0.05, 0.1) is 23.7 Å². The highest BCUT2D eigenvalue weighted by Gasteiger charge is 2.35. The van der Waals surface area contributed by atoms with E-state index in [4.69, 9.17) is 4.42 Å². The molecule has 0 spiro atoms. The van der Waals surface area contributed by atoms with Crippen LogP contribution in [0.3, 0.4) is 0 Å². The van der Waals surface area contributed by atoms with Crippen LogP contribution in [0.5, 0.6) is 0 Å². The molecule has 3 rings (SSSR count). The fourth-order valence-electron chi connectivity index (χ4n) is 2.16. The average Bonchev–Trinajstić information content (AvgIpc) is 2.85. The monoisotopic (exact) mass is 345 g/mol. The molecule has 0 aliphatic rings. The predicted octanol–water partition coefficient (Wildman–Crippen LogP) is 3.71. The quantitative estimate of drug-likeness (QED) is 0.719. The summed E-state index contributed by atoms with van der Waals surface area (Å²) in [6.45, 7) is 0.637. The van der Waals surface area contributed by atoms with E-state index in [9.17, 15) is 26.7 Å². The first-order valence-electron chi connectivity index (χ1n) is 6.51. The Bertz CT molecular complexity index is 952. The summed E-state index contributed by atoms with van der Waals surface area (Å²) in [4.78, 5) is 20.6. The Balaban J connectivity index is 2.19. The zero-order chi connectivity index (χ0) is 17.7. The highest BCUT2D eigenvalue weighted by Crippen LogP contribution is 2.37. The summed E-state index contributed by atoms with van der Waals surface area (Å²) in [5.74, 6) is -4.28. The van der Waals surface area contributed by atoms with E-state index in [-0.39, 0.29) is 16.8 Å². The molecule has 0 bridgehead atoms. The lowest BCUT2D eigenvalue weighted by atomic mass is 10.1. The Morgan fingerprint density at radius 3 is 2.33 bits per heavy atom. The summed E-state index contributed by atoms with van der Waals surface area (Å²) < 4.78 is 69.9.